The number of hydrogen-bond donors (Lipinski definition) is 0. The molecule has 0 saturated carbocycles. The van der Waals surface area contributed by atoms with Crippen molar-refractivity contribution in [2.45, 2.75) is 26.5 Å². The molecule has 3 aromatic carbocycles. The molecule has 1 aliphatic heterocycles. The SMILES string of the molecule is COC(=O)C1=C(C)N=c2s/c(=C\c3ccc(OC)c(COc4ccccc4C)c3)c(=O)n2C1c1ccccc1. The second-order valence-corrected chi connectivity index (χ2v) is 10.1. The molecule has 1 aromatic heterocycles. The molecule has 0 fully saturated rings. The van der Waals surface area contributed by atoms with E-state index in [-0.39, 0.29) is 5.56 Å². The van der Waals surface area contributed by atoms with Crippen LogP contribution >= 0.6 is 11.3 Å². The van der Waals surface area contributed by atoms with Crippen molar-refractivity contribution < 1.29 is 19.0 Å². The van der Waals surface area contributed by atoms with Crippen LogP contribution in [0.15, 0.2) is 93.9 Å². The van der Waals surface area contributed by atoms with Crippen LogP contribution in [0.3, 0.4) is 0 Å². The third-order valence-electron chi connectivity index (χ3n) is 6.62. The Kier molecular flexibility index (Phi) is 7.47. The monoisotopic (exact) mass is 540 g/mol. The van der Waals surface area contributed by atoms with Gasteiger partial charge in [-0.2, -0.15) is 0 Å². The number of allylic oxidation sites excluding steroid dienone is 1. The smallest absolute Gasteiger partial charge is 0.338 e. The van der Waals surface area contributed by atoms with Gasteiger partial charge in [0.15, 0.2) is 4.80 Å². The second kappa shape index (κ2) is 11.1. The van der Waals surface area contributed by atoms with Gasteiger partial charge in [0, 0.05) is 5.56 Å². The fourth-order valence-electron chi connectivity index (χ4n) is 4.67. The molecule has 0 spiro atoms. The van der Waals surface area contributed by atoms with E-state index in [0.29, 0.717) is 33.0 Å². The first kappa shape index (κ1) is 26.2. The molecule has 0 bridgehead atoms. The van der Waals surface area contributed by atoms with Crippen LogP contribution in [0.2, 0.25) is 0 Å². The summed E-state index contributed by atoms with van der Waals surface area (Å²) in [5.74, 6) is 0.994. The first-order chi connectivity index (χ1) is 18.9. The van der Waals surface area contributed by atoms with Crippen LogP contribution in [0.4, 0.5) is 0 Å². The summed E-state index contributed by atoms with van der Waals surface area (Å²) in [6.07, 6.45) is 1.83. The molecule has 0 amide bonds. The van der Waals surface area contributed by atoms with Crippen LogP contribution in [0, 0.1) is 6.92 Å². The van der Waals surface area contributed by atoms with Crippen LogP contribution in [0.25, 0.3) is 6.08 Å². The summed E-state index contributed by atoms with van der Waals surface area (Å²) in [5, 5.41) is 0. The Labute approximate surface area is 229 Å². The molecule has 2 heterocycles. The van der Waals surface area contributed by atoms with E-state index in [0.717, 1.165) is 28.0 Å². The molecule has 0 radical (unpaired) electrons. The maximum absolute atomic E-state index is 13.8. The van der Waals surface area contributed by atoms with Crippen LogP contribution in [-0.2, 0) is 16.1 Å². The predicted octanol–water partition coefficient (Wildman–Crippen LogP) is 4.30. The van der Waals surface area contributed by atoms with Gasteiger partial charge in [-0.25, -0.2) is 9.79 Å². The largest absolute Gasteiger partial charge is 0.496 e. The fourth-order valence-corrected chi connectivity index (χ4v) is 5.72. The van der Waals surface area contributed by atoms with E-state index in [1.54, 1.807) is 18.6 Å². The molecule has 39 heavy (non-hydrogen) atoms. The Bertz CT molecular complexity index is 1750. The van der Waals surface area contributed by atoms with Crippen LogP contribution in [-0.4, -0.2) is 24.8 Å². The minimum absolute atomic E-state index is 0.227. The summed E-state index contributed by atoms with van der Waals surface area (Å²) in [4.78, 5) is 31.7. The van der Waals surface area contributed by atoms with E-state index >= 15 is 0 Å². The summed E-state index contributed by atoms with van der Waals surface area (Å²) in [7, 11) is 2.95. The maximum atomic E-state index is 13.8. The van der Waals surface area contributed by atoms with Crippen molar-refractivity contribution in [1.82, 2.24) is 4.57 Å². The van der Waals surface area contributed by atoms with E-state index in [2.05, 4.69) is 4.99 Å². The minimum atomic E-state index is -0.633. The lowest BCUT2D eigenvalue weighted by Crippen LogP contribution is -2.39. The first-order valence-corrected chi connectivity index (χ1v) is 13.2. The molecule has 0 aliphatic carbocycles. The number of thiazole rings is 1. The molecule has 0 N–H and O–H groups in total. The van der Waals surface area contributed by atoms with E-state index in [1.807, 2.05) is 85.8 Å². The number of rotatable bonds is 7. The standard InChI is InChI=1S/C31H28N2O5S/c1-19-10-8-9-13-24(19)38-18-23-16-21(14-15-25(23)36-3)17-26-29(34)33-28(22-11-6-5-7-12-22)27(30(35)37-4)20(2)32-31(33)39-26/h5-17,28H,18H2,1-4H3/b26-17-. The molecule has 8 heteroatoms. The zero-order valence-corrected chi connectivity index (χ0v) is 23.0. The van der Waals surface area contributed by atoms with Gasteiger partial charge in [0.05, 0.1) is 36.1 Å². The molecular weight excluding hydrogens is 512 g/mol. The molecule has 198 valence electrons. The summed E-state index contributed by atoms with van der Waals surface area (Å²) in [5.41, 5.74) is 4.18. The Morgan fingerprint density at radius 2 is 1.74 bits per heavy atom. The number of nitrogens with zero attached hydrogens (tertiary/aromatic N) is 2. The minimum Gasteiger partial charge on any atom is -0.496 e. The number of esters is 1. The van der Waals surface area contributed by atoms with E-state index in [4.69, 9.17) is 14.2 Å². The zero-order chi connectivity index (χ0) is 27.5. The highest BCUT2D eigenvalue weighted by Gasteiger charge is 2.32. The highest BCUT2D eigenvalue weighted by molar-refractivity contribution is 7.07. The molecule has 1 atom stereocenters. The lowest BCUT2D eigenvalue weighted by atomic mass is 9.96. The van der Waals surface area contributed by atoms with Crippen molar-refractivity contribution in [3.8, 4) is 11.5 Å². The fraction of sp³-hybridized carbons (Fsp3) is 0.194. The Balaban J connectivity index is 1.58. The van der Waals surface area contributed by atoms with E-state index in [1.165, 1.54) is 18.4 Å². The molecular formula is C31H28N2O5S. The van der Waals surface area contributed by atoms with Crippen molar-refractivity contribution >= 4 is 23.4 Å². The quantitative estimate of drug-likeness (QED) is 0.327. The van der Waals surface area contributed by atoms with Gasteiger partial charge in [-0.15, -0.1) is 0 Å². The average Bonchev–Trinajstić information content (AvgIpc) is 3.25. The zero-order valence-electron chi connectivity index (χ0n) is 22.1. The number of fused-ring (bicyclic) bond motifs is 1. The Morgan fingerprint density at radius 1 is 1.00 bits per heavy atom. The topological polar surface area (TPSA) is 79.1 Å². The number of aryl methyl sites for hydroxylation is 1. The van der Waals surface area contributed by atoms with Gasteiger partial charge in [-0.1, -0.05) is 65.9 Å². The summed E-state index contributed by atoms with van der Waals surface area (Å²) < 4.78 is 18.8. The third kappa shape index (κ3) is 5.15. The van der Waals surface area contributed by atoms with Gasteiger partial charge in [0.25, 0.3) is 5.56 Å². The average molecular weight is 541 g/mol. The number of aromatic nitrogens is 1. The normalized spacial score (nSPS) is 15.0. The molecule has 0 saturated heterocycles. The molecule has 5 rings (SSSR count). The number of carbonyl (C=O) groups excluding carboxylic acids is 1. The molecule has 7 nitrogen and oxygen atoms in total. The Morgan fingerprint density at radius 3 is 2.46 bits per heavy atom. The van der Waals surface area contributed by atoms with Gasteiger partial charge < -0.3 is 14.2 Å². The molecule has 1 aliphatic rings. The van der Waals surface area contributed by atoms with Gasteiger partial charge in [-0.05, 0) is 54.8 Å². The van der Waals surface area contributed by atoms with Crippen molar-refractivity contribution in [2.24, 2.45) is 4.99 Å². The van der Waals surface area contributed by atoms with Crippen LogP contribution in [0.5, 0.6) is 11.5 Å². The molecule has 1 unspecified atom stereocenters. The maximum Gasteiger partial charge on any atom is 0.338 e. The predicted molar refractivity (Wildman–Crippen MR) is 151 cm³/mol. The molecule has 4 aromatic rings. The summed E-state index contributed by atoms with van der Waals surface area (Å²) in [6.45, 7) is 4.08. The number of hydrogen-bond acceptors (Lipinski definition) is 7. The van der Waals surface area contributed by atoms with Crippen LogP contribution < -0.4 is 24.4 Å². The lowest BCUT2D eigenvalue weighted by molar-refractivity contribution is -0.136. The van der Waals surface area contributed by atoms with Crippen molar-refractivity contribution in [2.75, 3.05) is 14.2 Å². The number of benzene rings is 3. The number of carbonyl (C=O) groups is 1. The summed E-state index contributed by atoms with van der Waals surface area (Å²) in [6, 6.07) is 22.4. The highest BCUT2D eigenvalue weighted by Crippen LogP contribution is 2.30. The van der Waals surface area contributed by atoms with E-state index < -0.39 is 12.0 Å². The van der Waals surface area contributed by atoms with Crippen molar-refractivity contribution in [1.29, 1.82) is 0 Å². The lowest BCUT2D eigenvalue weighted by Gasteiger charge is -2.24. The first-order valence-electron chi connectivity index (χ1n) is 12.4. The van der Waals surface area contributed by atoms with Gasteiger partial charge in [0.2, 0.25) is 0 Å². The van der Waals surface area contributed by atoms with Crippen molar-refractivity contribution in [3.05, 3.63) is 126 Å². The van der Waals surface area contributed by atoms with Gasteiger partial charge in [0.1, 0.15) is 18.1 Å². The summed E-state index contributed by atoms with van der Waals surface area (Å²) >= 11 is 1.29. The van der Waals surface area contributed by atoms with E-state index in [9.17, 15) is 9.59 Å². The van der Waals surface area contributed by atoms with Crippen molar-refractivity contribution in [3.63, 3.8) is 0 Å². The highest BCUT2D eigenvalue weighted by atomic mass is 32.1. The Hall–Kier alpha value is -4.43. The number of para-hydroxylation sites is 1. The van der Waals surface area contributed by atoms with Gasteiger partial charge >= 0.3 is 5.97 Å². The number of ether oxygens (including phenoxy) is 3. The second-order valence-electron chi connectivity index (χ2n) is 9.11. The number of methoxy groups -OCH3 is 2. The van der Waals surface area contributed by atoms with Gasteiger partial charge in [-0.3, -0.25) is 9.36 Å². The third-order valence-corrected chi connectivity index (χ3v) is 7.60. The van der Waals surface area contributed by atoms with Crippen LogP contribution in [0.1, 0.15) is 35.2 Å².